The van der Waals surface area contributed by atoms with Crippen molar-refractivity contribution in [1.82, 2.24) is 19.9 Å². The molecule has 0 amide bonds. The van der Waals surface area contributed by atoms with Gasteiger partial charge in [0.1, 0.15) is 23.3 Å². The minimum absolute atomic E-state index is 0.794. The molecule has 0 fully saturated rings. The normalized spacial score (nSPS) is 11.2. The molecule has 6 heteroatoms. The van der Waals surface area contributed by atoms with Gasteiger partial charge in [0.25, 0.3) is 0 Å². The molecule has 0 aliphatic heterocycles. The molecule has 0 aliphatic carbocycles. The maximum absolute atomic E-state index is 4.80. The zero-order valence-corrected chi connectivity index (χ0v) is 31.8. The topological polar surface area (TPSA) is 58.0 Å². The minimum atomic E-state index is 0.794. The van der Waals surface area contributed by atoms with Crippen molar-refractivity contribution in [1.29, 1.82) is 0 Å². The lowest BCUT2D eigenvalue weighted by Crippen LogP contribution is -2.13. The molecule has 270 valence electrons. The van der Waals surface area contributed by atoms with Crippen LogP contribution in [0.25, 0.3) is 43.8 Å². The molecule has 0 bridgehead atoms. The number of benzene rings is 5. The van der Waals surface area contributed by atoms with E-state index in [1.165, 1.54) is 44.5 Å². The van der Waals surface area contributed by atoms with E-state index in [0.717, 1.165) is 56.2 Å². The van der Waals surface area contributed by atoms with Crippen LogP contribution in [-0.4, -0.2) is 19.9 Å². The van der Waals surface area contributed by atoms with Gasteiger partial charge in [0, 0.05) is 36.2 Å². The molecule has 0 atom stereocenters. The largest absolute Gasteiger partial charge is 0.279 e. The molecule has 6 nitrogen and oxygen atoms in total. The molecule has 0 unspecified atom stereocenters. The number of pyridine rings is 4. The first-order valence-corrected chi connectivity index (χ1v) is 18.9. The number of nitrogens with zero attached hydrogens (tertiary/aromatic N) is 6. The molecule has 4 aromatic heterocycles. The summed E-state index contributed by atoms with van der Waals surface area (Å²) < 4.78 is 0. The number of aryl methyl sites for hydroxylation is 4. The molecular formula is C50H40N6. The molecule has 0 aliphatic rings. The number of hydrogen-bond donors (Lipinski definition) is 0. The lowest BCUT2D eigenvalue weighted by molar-refractivity contribution is 1.13. The van der Waals surface area contributed by atoms with Crippen LogP contribution in [0.4, 0.5) is 34.6 Å². The maximum atomic E-state index is 4.80. The van der Waals surface area contributed by atoms with Crippen molar-refractivity contribution < 1.29 is 0 Å². The summed E-state index contributed by atoms with van der Waals surface area (Å²) in [7, 11) is 0. The van der Waals surface area contributed by atoms with Gasteiger partial charge in [-0.2, -0.15) is 0 Å². The van der Waals surface area contributed by atoms with Crippen molar-refractivity contribution in [2.24, 2.45) is 0 Å². The van der Waals surface area contributed by atoms with Crippen LogP contribution in [-0.2, 0) is 0 Å². The average Bonchev–Trinajstić information content (AvgIpc) is 3.21. The van der Waals surface area contributed by atoms with Crippen LogP contribution in [0.2, 0.25) is 0 Å². The number of hydrogen-bond acceptors (Lipinski definition) is 6. The van der Waals surface area contributed by atoms with Crippen LogP contribution in [0.3, 0.4) is 0 Å². The van der Waals surface area contributed by atoms with Gasteiger partial charge in [0.15, 0.2) is 0 Å². The third kappa shape index (κ3) is 6.52. The Kier molecular flexibility index (Phi) is 9.00. The molecule has 0 spiro atoms. The number of rotatable bonds is 8. The van der Waals surface area contributed by atoms with Crippen molar-refractivity contribution >= 4 is 56.2 Å². The van der Waals surface area contributed by atoms with E-state index in [9.17, 15) is 0 Å². The summed E-state index contributed by atoms with van der Waals surface area (Å²) in [5.41, 5.74) is 11.5. The summed E-state index contributed by atoms with van der Waals surface area (Å²) in [6.07, 6.45) is 7.32. The first-order valence-electron chi connectivity index (χ1n) is 18.9. The Morgan fingerprint density at radius 2 is 0.643 bits per heavy atom. The van der Waals surface area contributed by atoms with E-state index in [2.05, 4.69) is 110 Å². The van der Waals surface area contributed by atoms with Crippen LogP contribution in [0.15, 0.2) is 170 Å². The van der Waals surface area contributed by atoms with E-state index in [1.54, 1.807) is 0 Å². The fourth-order valence-electron chi connectivity index (χ4n) is 8.05. The van der Waals surface area contributed by atoms with Crippen LogP contribution in [0.5, 0.6) is 0 Å². The fourth-order valence-corrected chi connectivity index (χ4v) is 8.05. The van der Waals surface area contributed by atoms with Crippen molar-refractivity contribution in [2.45, 2.75) is 27.7 Å². The molecule has 9 aromatic rings. The number of aromatic nitrogens is 4. The summed E-state index contributed by atoms with van der Waals surface area (Å²) >= 11 is 0. The Bertz CT molecular complexity index is 2520. The molecule has 9 rings (SSSR count). The highest BCUT2D eigenvalue weighted by atomic mass is 15.2. The molecule has 0 saturated heterocycles. The monoisotopic (exact) mass is 724 g/mol. The molecule has 56 heavy (non-hydrogen) atoms. The van der Waals surface area contributed by atoms with Gasteiger partial charge in [-0.15, -0.1) is 0 Å². The molecule has 5 aromatic carbocycles. The Morgan fingerprint density at radius 1 is 0.321 bits per heavy atom. The van der Waals surface area contributed by atoms with E-state index in [0.29, 0.717) is 0 Å². The summed E-state index contributed by atoms with van der Waals surface area (Å²) in [5, 5.41) is 4.60. The lowest BCUT2D eigenvalue weighted by atomic mass is 9.84. The Morgan fingerprint density at radius 3 is 0.929 bits per heavy atom. The highest BCUT2D eigenvalue weighted by Gasteiger charge is 2.23. The molecule has 4 heterocycles. The van der Waals surface area contributed by atoms with Crippen molar-refractivity contribution in [2.75, 3.05) is 9.80 Å². The van der Waals surface area contributed by atoms with Crippen molar-refractivity contribution in [3.8, 4) is 22.3 Å². The fraction of sp³-hybridized carbons (Fsp3) is 0.0800. The second-order valence-electron chi connectivity index (χ2n) is 14.4. The van der Waals surface area contributed by atoms with E-state index in [4.69, 9.17) is 19.9 Å². The predicted octanol–water partition coefficient (Wildman–Crippen LogP) is 13.1. The summed E-state index contributed by atoms with van der Waals surface area (Å²) in [6, 6.07) is 51.3. The highest BCUT2D eigenvalue weighted by Crippen LogP contribution is 2.48. The van der Waals surface area contributed by atoms with Gasteiger partial charge in [-0.1, -0.05) is 95.1 Å². The van der Waals surface area contributed by atoms with Gasteiger partial charge >= 0.3 is 0 Å². The first-order chi connectivity index (χ1) is 27.4. The van der Waals surface area contributed by atoms with E-state index < -0.39 is 0 Å². The Labute approximate surface area is 327 Å². The van der Waals surface area contributed by atoms with E-state index in [-0.39, 0.29) is 0 Å². The van der Waals surface area contributed by atoms with Gasteiger partial charge in [0.2, 0.25) is 0 Å². The summed E-state index contributed by atoms with van der Waals surface area (Å²) in [5.74, 6) is 3.18. The lowest BCUT2D eigenvalue weighted by Gasteiger charge is -2.26. The van der Waals surface area contributed by atoms with Gasteiger partial charge in [-0.25, -0.2) is 19.9 Å². The Hall–Kier alpha value is -7.18. The van der Waals surface area contributed by atoms with Crippen LogP contribution in [0.1, 0.15) is 22.3 Å². The van der Waals surface area contributed by atoms with Gasteiger partial charge in [0.05, 0.1) is 0 Å². The first kappa shape index (κ1) is 34.6. The maximum Gasteiger partial charge on any atom is 0.138 e. The third-order valence-corrected chi connectivity index (χ3v) is 10.1. The van der Waals surface area contributed by atoms with E-state index >= 15 is 0 Å². The van der Waals surface area contributed by atoms with Crippen LogP contribution in [0, 0.1) is 27.7 Å². The zero-order chi connectivity index (χ0) is 38.2. The quantitative estimate of drug-likeness (QED) is 0.145. The third-order valence-electron chi connectivity index (χ3n) is 10.1. The summed E-state index contributed by atoms with van der Waals surface area (Å²) in [6.45, 7) is 8.71. The SMILES string of the molecule is Cc1cc(C)cc(-c2c3ccc(N(c4ccccn4)c4ccccn4)cc3c(-c3cc(C)cc(C)c3)c3ccc(N(c4ccccn4)c4ccccn4)cc23)c1. The second kappa shape index (κ2) is 14.6. The van der Waals surface area contributed by atoms with Crippen LogP contribution < -0.4 is 9.80 Å². The predicted molar refractivity (Wildman–Crippen MR) is 232 cm³/mol. The second-order valence-corrected chi connectivity index (χ2v) is 14.4. The standard InChI is InChI=1S/C50H40N6/c1-33-25-34(2)28-37(27-33)49-41-19-17-40(56(47-15-7-11-23-53-47)48-16-8-12-24-54-48)32-44(41)50(38-29-35(3)26-36(4)30-38)42-20-18-39(31-43(42)49)55(45-13-5-9-21-51-45)46-14-6-10-22-52-46/h5-32H,1-4H3. The van der Waals surface area contributed by atoms with Crippen molar-refractivity contribution in [3.05, 3.63) is 193 Å². The number of fused-ring (bicyclic) bond motifs is 2. The van der Waals surface area contributed by atoms with Gasteiger partial charge in [-0.05, 0) is 144 Å². The highest BCUT2D eigenvalue weighted by molar-refractivity contribution is 6.22. The zero-order valence-electron chi connectivity index (χ0n) is 31.8. The smallest absolute Gasteiger partial charge is 0.138 e. The van der Waals surface area contributed by atoms with E-state index in [1.807, 2.05) is 97.6 Å². The van der Waals surface area contributed by atoms with Crippen molar-refractivity contribution in [3.63, 3.8) is 0 Å². The molecule has 0 saturated carbocycles. The average molecular weight is 725 g/mol. The Balaban J connectivity index is 1.41. The molecule has 0 N–H and O–H groups in total. The van der Waals surface area contributed by atoms with Gasteiger partial charge in [-0.3, -0.25) is 9.80 Å². The molecule has 0 radical (unpaired) electrons. The minimum Gasteiger partial charge on any atom is -0.279 e. The van der Waals surface area contributed by atoms with Gasteiger partial charge < -0.3 is 0 Å². The summed E-state index contributed by atoms with van der Waals surface area (Å²) in [4.78, 5) is 23.5. The van der Waals surface area contributed by atoms with Crippen LogP contribution >= 0.6 is 0 Å². The number of anilines is 6. The molecular weight excluding hydrogens is 685 g/mol.